The largest absolute Gasteiger partial charge is 0.0707 e. The number of rotatable bonds is 0. The summed E-state index contributed by atoms with van der Waals surface area (Å²) in [5.41, 5.74) is 3.61. The van der Waals surface area contributed by atoms with Crippen molar-refractivity contribution in [1.82, 2.24) is 0 Å². The van der Waals surface area contributed by atoms with Gasteiger partial charge in [-0.1, -0.05) is 11.1 Å². The summed E-state index contributed by atoms with van der Waals surface area (Å²) >= 11 is 0. The lowest BCUT2D eigenvalue weighted by molar-refractivity contribution is 0.800. The van der Waals surface area contributed by atoms with Crippen LogP contribution in [0.5, 0.6) is 0 Å². The van der Waals surface area contributed by atoms with Gasteiger partial charge in [0.2, 0.25) is 0 Å². The number of hydrogen-bond donors (Lipinski definition) is 0. The molecule has 2 rings (SSSR count). The Labute approximate surface area is 44.2 Å². The van der Waals surface area contributed by atoms with E-state index in [4.69, 9.17) is 0 Å². The van der Waals surface area contributed by atoms with Crippen LogP contribution in [0.15, 0.2) is 11.1 Å². The van der Waals surface area contributed by atoms with Crippen LogP contribution in [0.3, 0.4) is 0 Å². The van der Waals surface area contributed by atoms with Gasteiger partial charge in [0.25, 0.3) is 0 Å². The number of hydrogen-bond acceptors (Lipinski definition) is 0. The predicted molar refractivity (Wildman–Crippen MR) is 30.1 cm³/mol. The summed E-state index contributed by atoms with van der Waals surface area (Å²) < 4.78 is 0. The molecule has 38 valence electrons. The van der Waals surface area contributed by atoms with E-state index in [1.807, 2.05) is 0 Å². The molecule has 0 aromatic carbocycles. The van der Waals surface area contributed by atoms with Crippen LogP contribution in [0.2, 0.25) is 0 Å². The van der Waals surface area contributed by atoms with Gasteiger partial charge >= 0.3 is 0 Å². The van der Waals surface area contributed by atoms with Gasteiger partial charge in [-0.2, -0.15) is 0 Å². The lowest BCUT2D eigenvalue weighted by Crippen LogP contribution is -1.95. The normalized spacial score (nSPS) is 27.4. The molecule has 0 atom stereocenters. The smallest absolute Gasteiger partial charge is 0.0280 e. The van der Waals surface area contributed by atoms with Crippen LogP contribution >= 0.6 is 0 Å². The fourth-order valence-corrected chi connectivity index (χ4v) is 1.60. The third-order valence-electron chi connectivity index (χ3n) is 2.19. The van der Waals surface area contributed by atoms with E-state index in [1.54, 1.807) is 11.1 Å². The van der Waals surface area contributed by atoms with E-state index in [0.29, 0.717) is 0 Å². The zero-order valence-corrected chi connectivity index (χ0v) is 4.54. The summed E-state index contributed by atoms with van der Waals surface area (Å²) in [5, 5.41) is 0. The van der Waals surface area contributed by atoms with E-state index in [0.717, 1.165) is 0 Å². The van der Waals surface area contributed by atoms with Crippen LogP contribution in [0, 0.1) is 0 Å². The van der Waals surface area contributed by atoms with Crippen molar-refractivity contribution in [2.75, 3.05) is 0 Å². The molecule has 0 radical (unpaired) electrons. The minimum atomic E-state index is 1.44. The first-order chi connectivity index (χ1) is 3.47. The molecule has 2 aliphatic rings. The molecule has 0 N–H and O–H groups in total. The Morgan fingerprint density at radius 3 is 1.57 bits per heavy atom. The van der Waals surface area contributed by atoms with Gasteiger partial charge < -0.3 is 0 Å². The van der Waals surface area contributed by atoms with Crippen LogP contribution in [0.1, 0.15) is 32.1 Å². The molecule has 2 aliphatic carbocycles. The van der Waals surface area contributed by atoms with E-state index in [1.165, 1.54) is 32.1 Å². The summed E-state index contributed by atoms with van der Waals surface area (Å²) in [6.45, 7) is 0. The second-order valence-electron chi connectivity index (χ2n) is 2.56. The van der Waals surface area contributed by atoms with Crippen molar-refractivity contribution < 1.29 is 0 Å². The molecule has 0 aliphatic heterocycles. The van der Waals surface area contributed by atoms with Gasteiger partial charge in [-0.05, 0) is 32.1 Å². The quantitative estimate of drug-likeness (QED) is 0.404. The molecule has 0 bridgehead atoms. The van der Waals surface area contributed by atoms with Crippen LogP contribution in [-0.2, 0) is 0 Å². The summed E-state index contributed by atoms with van der Waals surface area (Å²) in [6.07, 6.45) is 7.22. The first-order valence-corrected chi connectivity index (χ1v) is 3.16. The molecule has 0 saturated heterocycles. The molecular weight excluding hydrogens is 84.1 g/mol. The van der Waals surface area contributed by atoms with Crippen molar-refractivity contribution in [1.29, 1.82) is 0 Å². The highest BCUT2D eigenvalue weighted by atomic mass is 14.3. The standard InChI is InChI=1S/C7H10/c1-2-6-4-5-7(6)3-1/h1-5H2. The highest BCUT2D eigenvalue weighted by Gasteiger charge is 2.20. The number of allylic oxidation sites excluding steroid dienone is 2. The van der Waals surface area contributed by atoms with Gasteiger partial charge in [-0.25, -0.2) is 0 Å². The maximum Gasteiger partial charge on any atom is -0.0280 e. The van der Waals surface area contributed by atoms with Gasteiger partial charge in [0, 0.05) is 0 Å². The molecule has 0 nitrogen and oxygen atoms in total. The fourth-order valence-electron chi connectivity index (χ4n) is 1.60. The second kappa shape index (κ2) is 1.12. The van der Waals surface area contributed by atoms with Crippen molar-refractivity contribution in [2.45, 2.75) is 32.1 Å². The van der Waals surface area contributed by atoms with Gasteiger partial charge in [0.15, 0.2) is 0 Å². The Bertz CT molecular complexity index is 106. The third kappa shape index (κ3) is 0.370. The SMILES string of the molecule is C1CC2=C(C1)CC2. The van der Waals surface area contributed by atoms with Gasteiger partial charge in [0.1, 0.15) is 0 Å². The van der Waals surface area contributed by atoms with E-state index >= 15 is 0 Å². The molecule has 0 saturated carbocycles. The molecule has 0 fully saturated rings. The average molecular weight is 94.2 g/mol. The topological polar surface area (TPSA) is 0 Å². The van der Waals surface area contributed by atoms with Crippen molar-refractivity contribution in [3.8, 4) is 0 Å². The molecule has 0 spiro atoms. The molecule has 0 heterocycles. The molecule has 0 unspecified atom stereocenters. The third-order valence-corrected chi connectivity index (χ3v) is 2.19. The van der Waals surface area contributed by atoms with Crippen molar-refractivity contribution in [3.63, 3.8) is 0 Å². The first-order valence-electron chi connectivity index (χ1n) is 3.16. The van der Waals surface area contributed by atoms with Gasteiger partial charge in [0.05, 0.1) is 0 Å². The Morgan fingerprint density at radius 2 is 1.29 bits per heavy atom. The Balaban J connectivity index is 2.29. The van der Waals surface area contributed by atoms with Crippen molar-refractivity contribution in [3.05, 3.63) is 11.1 Å². The Morgan fingerprint density at radius 1 is 0.714 bits per heavy atom. The predicted octanol–water partition coefficient (Wildman–Crippen LogP) is 2.26. The lowest BCUT2D eigenvalue weighted by atomic mass is 9.92. The van der Waals surface area contributed by atoms with Crippen molar-refractivity contribution >= 4 is 0 Å². The zero-order valence-electron chi connectivity index (χ0n) is 4.54. The van der Waals surface area contributed by atoms with Crippen molar-refractivity contribution in [2.24, 2.45) is 0 Å². The summed E-state index contributed by atoms with van der Waals surface area (Å²) in [4.78, 5) is 0. The van der Waals surface area contributed by atoms with E-state index in [9.17, 15) is 0 Å². The molecule has 0 amide bonds. The average Bonchev–Trinajstić information content (AvgIpc) is 1.85. The summed E-state index contributed by atoms with van der Waals surface area (Å²) in [7, 11) is 0. The molecule has 7 heavy (non-hydrogen) atoms. The van der Waals surface area contributed by atoms with Crippen LogP contribution < -0.4 is 0 Å². The summed E-state index contributed by atoms with van der Waals surface area (Å²) in [6, 6.07) is 0. The highest BCUT2D eigenvalue weighted by Crippen LogP contribution is 2.40. The Hall–Kier alpha value is -0.260. The molecular formula is C7H10. The second-order valence-corrected chi connectivity index (χ2v) is 2.56. The monoisotopic (exact) mass is 94.1 g/mol. The minimum absolute atomic E-state index is 1.44. The van der Waals surface area contributed by atoms with E-state index in [-0.39, 0.29) is 0 Å². The van der Waals surface area contributed by atoms with E-state index < -0.39 is 0 Å². The first kappa shape index (κ1) is 3.71. The molecule has 0 aromatic rings. The van der Waals surface area contributed by atoms with Crippen LogP contribution in [-0.4, -0.2) is 0 Å². The molecule has 0 heteroatoms. The fraction of sp³-hybridized carbons (Fsp3) is 0.714. The van der Waals surface area contributed by atoms with Crippen LogP contribution in [0.4, 0.5) is 0 Å². The summed E-state index contributed by atoms with van der Waals surface area (Å²) in [5.74, 6) is 0. The maximum atomic E-state index is 1.81. The van der Waals surface area contributed by atoms with Gasteiger partial charge in [-0.15, -0.1) is 0 Å². The highest BCUT2D eigenvalue weighted by molar-refractivity contribution is 5.28. The Kier molecular flexibility index (Phi) is 0.592. The maximum absolute atomic E-state index is 1.81. The van der Waals surface area contributed by atoms with E-state index in [2.05, 4.69) is 0 Å². The zero-order chi connectivity index (χ0) is 4.69. The lowest BCUT2D eigenvalue weighted by Gasteiger charge is -2.14. The molecule has 0 aromatic heterocycles. The van der Waals surface area contributed by atoms with Gasteiger partial charge in [-0.3, -0.25) is 0 Å². The minimum Gasteiger partial charge on any atom is -0.0707 e. The van der Waals surface area contributed by atoms with Crippen LogP contribution in [0.25, 0.3) is 0 Å².